The van der Waals surface area contributed by atoms with Gasteiger partial charge in [0.05, 0.1) is 12.7 Å². The monoisotopic (exact) mass is 234 g/mol. The lowest BCUT2D eigenvalue weighted by Gasteiger charge is -2.13. The first-order valence-corrected chi connectivity index (χ1v) is 6.14. The molecule has 0 amide bonds. The third-order valence-corrected chi connectivity index (χ3v) is 3.13. The van der Waals surface area contributed by atoms with Crippen LogP contribution in [0.1, 0.15) is 48.2 Å². The van der Waals surface area contributed by atoms with Gasteiger partial charge in [0.1, 0.15) is 5.75 Å². The van der Waals surface area contributed by atoms with Gasteiger partial charge in [-0.05, 0) is 43.4 Å². The van der Waals surface area contributed by atoms with Gasteiger partial charge >= 0.3 is 0 Å². The maximum Gasteiger partial charge on any atom is 0.166 e. The normalized spacial score (nSPS) is 10.7. The first-order chi connectivity index (χ1) is 7.97. The highest BCUT2D eigenvalue weighted by Crippen LogP contribution is 2.27. The molecule has 0 fully saturated rings. The van der Waals surface area contributed by atoms with Gasteiger partial charge in [-0.1, -0.05) is 19.9 Å². The minimum absolute atomic E-state index is 0.179. The number of aryl methyl sites for hydroxylation is 1. The Balaban J connectivity index is 2.97. The molecular formula is C15H22O2. The van der Waals surface area contributed by atoms with Crippen LogP contribution in [0.5, 0.6) is 5.75 Å². The quantitative estimate of drug-likeness (QED) is 0.721. The summed E-state index contributed by atoms with van der Waals surface area (Å²) in [4.78, 5) is 12.1. The number of methoxy groups -OCH3 is 1. The molecule has 0 spiro atoms. The molecule has 0 aliphatic heterocycles. The van der Waals surface area contributed by atoms with Crippen molar-refractivity contribution in [2.75, 3.05) is 7.11 Å². The van der Waals surface area contributed by atoms with E-state index >= 15 is 0 Å². The highest BCUT2D eigenvalue weighted by atomic mass is 16.5. The minimum Gasteiger partial charge on any atom is -0.496 e. The smallest absolute Gasteiger partial charge is 0.166 e. The van der Waals surface area contributed by atoms with Crippen LogP contribution in [0.2, 0.25) is 0 Å². The zero-order valence-electron chi connectivity index (χ0n) is 11.5. The molecule has 0 N–H and O–H groups in total. The molecule has 0 aliphatic rings. The predicted octanol–water partition coefficient (Wildman–Crippen LogP) is 3.93. The molecule has 1 aromatic rings. The van der Waals surface area contributed by atoms with E-state index < -0.39 is 0 Å². The average molecular weight is 234 g/mol. The Labute approximate surface area is 104 Å². The Morgan fingerprint density at radius 1 is 1.29 bits per heavy atom. The number of ether oxygens (including phenoxy) is 1. The van der Waals surface area contributed by atoms with E-state index in [9.17, 15) is 4.79 Å². The number of hydrogen-bond donors (Lipinski definition) is 0. The van der Waals surface area contributed by atoms with E-state index in [2.05, 4.69) is 13.8 Å². The van der Waals surface area contributed by atoms with Crippen molar-refractivity contribution >= 4 is 5.78 Å². The van der Waals surface area contributed by atoms with E-state index in [1.54, 1.807) is 7.11 Å². The number of ketones is 1. The average Bonchev–Trinajstić information content (AvgIpc) is 2.29. The van der Waals surface area contributed by atoms with E-state index in [1.807, 2.05) is 26.0 Å². The second kappa shape index (κ2) is 5.85. The topological polar surface area (TPSA) is 26.3 Å². The fourth-order valence-corrected chi connectivity index (χ4v) is 1.83. The van der Waals surface area contributed by atoms with Crippen LogP contribution in [0.3, 0.4) is 0 Å². The summed E-state index contributed by atoms with van der Waals surface area (Å²) < 4.78 is 5.36. The van der Waals surface area contributed by atoms with Crippen LogP contribution in [0, 0.1) is 19.8 Å². The summed E-state index contributed by atoms with van der Waals surface area (Å²) in [6.07, 6.45) is 1.52. The van der Waals surface area contributed by atoms with E-state index in [1.165, 1.54) is 0 Å². The van der Waals surface area contributed by atoms with E-state index in [-0.39, 0.29) is 5.78 Å². The lowest BCUT2D eigenvalue weighted by Crippen LogP contribution is -2.05. The van der Waals surface area contributed by atoms with Crippen LogP contribution in [-0.4, -0.2) is 12.9 Å². The molecule has 1 aromatic carbocycles. The van der Waals surface area contributed by atoms with E-state index in [0.717, 1.165) is 28.9 Å². The van der Waals surface area contributed by atoms with Crippen molar-refractivity contribution in [3.05, 3.63) is 28.8 Å². The summed E-state index contributed by atoms with van der Waals surface area (Å²) in [7, 11) is 1.63. The highest BCUT2D eigenvalue weighted by molar-refractivity contribution is 5.99. The first kappa shape index (κ1) is 13.8. The van der Waals surface area contributed by atoms with Gasteiger partial charge in [-0.25, -0.2) is 0 Å². The zero-order chi connectivity index (χ0) is 13.0. The molecule has 2 nitrogen and oxygen atoms in total. The fraction of sp³-hybridized carbons (Fsp3) is 0.533. The van der Waals surface area contributed by atoms with Crippen LogP contribution in [-0.2, 0) is 0 Å². The standard InChI is InChI=1S/C15H22O2/c1-10(2)6-9-14(16)13-8-7-11(3)12(4)15(13)17-5/h7-8,10H,6,9H2,1-5H3. The third-order valence-electron chi connectivity index (χ3n) is 3.13. The SMILES string of the molecule is COc1c(C(=O)CCC(C)C)ccc(C)c1C. The molecule has 0 bridgehead atoms. The molecule has 1 rings (SSSR count). The van der Waals surface area contributed by atoms with Gasteiger partial charge in [0.15, 0.2) is 5.78 Å². The minimum atomic E-state index is 0.179. The maximum absolute atomic E-state index is 12.1. The molecule has 0 radical (unpaired) electrons. The van der Waals surface area contributed by atoms with Gasteiger partial charge in [-0.2, -0.15) is 0 Å². The molecule has 0 atom stereocenters. The van der Waals surface area contributed by atoms with E-state index in [4.69, 9.17) is 4.74 Å². The number of carbonyl (C=O) groups is 1. The highest BCUT2D eigenvalue weighted by Gasteiger charge is 2.15. The summed E-state index contributed by atoms with van der Waals surface area (Å²) >= 11 is 0. The van der Waals surface area contributed by atoms with Crippen molar-refractivity contribution < 1.29 is 9.53 Å². The summed E-state index contributed by atoms with van der Waals surface area (Å²) in [6, 6.07) is 3.87. The van der Waals surface area contributed by atoms with Crippen LogP contribution in [0.15, 0.2) is 12.1 Å². The second-order valence-electron chi connectivity index (χ2n) is 4.94. The van der Waals surface area contributed by atoms with Gasteiger partial charge in [0, 0.05) is 6.42 Å². The summed E-state index contributed by atoms with van der Waals surface area (Å²) in [5.41, 5.74) is 2.93. The summed E-state index contributed by atoms with van der Waals surface area (Å²) in [5, 5.41) is 0. The molecule has 0 heterocycles. The van der Waals surface area contributed by atoms with Crippen molar-refractivity contribution in [1.29, 1.82) is 0 Å². The Hall–Kier alpha value is -1.31. The van der Waals surface area contributed by atoms with Crippen molar-refractivity contribution in [3.63, 3.8) is 0 Å². The van der Waals surface area contributed by atoms with E-state index in [0.29, 0.717) is 12.3 Å². The number of hydrogen-bond acceptors (Lipinski definition) is 2. The van der Waals surface area contributed by atoms with Crippen LogP contribution >= 0.6 is 0 Å². The zero-order valence-corrected chi connectivity index (χ0v) is 11.5. The predicted molar refractivity (Wildman–Crippen MR) is 70.9 cm³/mol. The number of carbonyl (C=O) groups excluding carboxylic acids is 1. The fourth-order valence-electron chi connectivity index (χ4n) is 1.83. The molecule has 17 heavy (non-hydrogen) atoms. The van der Waals surface area contributed by atoms with Gasteiger partial charge in [-0.15, -0.1) is 0 Å². The second-order valence-corrected chi connectivity index (χ2v) is 4.94. The molecule has 0 saturated heterocycles. The van der Waals surface area contributed by atoms with Gasteiger partial charge in [-0.3, -0.25) is 4.79 Å². The van der Waals surface area contributed by atoms with Crippen molar-refractivity contribution in [2.24, 2.45) is 5.92 Å². The number of Topliss-reactive ketones (excluding diaryl/α,β-unsaturated/α-hetero) is 1. The van der Waals surface area contributed by atoms with Crippen molar-refractivity contribution in [2.45, 2.75) is 40.5 Å². The van der Waals surface area contributed by atoms with Crippen LogP contribution in [0.25, 0.3) is 0 Å². The molecular weight excluding hydrogens is 212 g/mol. The largest absolute Gasteiger partial charge is 0.496 e. The van der Waals surface area contributed by atoms with Gasteiger partial charge in [0.2, 0.25) is 0 Å². The summed E-state index contributed by atoms with van der Waals surface area (Å²) in [5.74, 6) is 1.47. The van der Waals surface area contributed by atoms with Gasteiger partial charge in [0.25, 0.3) is 0 Å². The third kappa shape index (κ3) is 3.32. The Kier molecular flexibility index (Phi) is 4.73. The molecule has 0 aliphatic carbocycles. The molecule has 0 aromatic heterocycles. The Morgan fingerprint density at radius 3 is 2.47 bits per heavy atom. The lowest BCUT2D eigenvalue weighted by molar-refractivity contribution is 0.0972. The lowest BCUT2D eigenvalue weighted by atomic mass is 9.97. The number of rotatable bonds is 5. The van der Waals surface area contributed by atoms with Gasteiger partial charge < -0.3 is 4.74 Å². The summed E-state index contributed by atoms with van der Waals surface area (Å²) in [6.45, 7) is 8.28. The maximum atomic E-state index is 12.1. The number of benzene rings is 1. The Bertz CT molecular complexity index is 406. The first-order valence-electron chi connectivity index (χ1n) is 6.14. The molecule has 2 heteroatoms. The molecule has 94 valence electrons. The molecule has 0 unspecified atom stereocenters. The van der Waals surface area contributed by atoms with Crippen molar-refractivity contribution in [3.8, 4) is 5.75 Å². The molecule has 0 saturated carbocycles. The van der Waals surface area contributed by atoms with Crippen LogP contribution < -0.4 is 4.74 Å². The van der Waals surface area contributed by atoms with Crippen molar-refractivity contribution in [1.82, 2.24) is 0 Å². The Morgan fingerprint density at radius 2 is 1.94 bits per heavy atom. The van der Waals surface area contributed by atoms with Crippen LogP contribution in [0.4, 0.5) is 0 Å².